The van der Waals surface area contributed by atoms with Crippen molar-refractivity contribution >= 4 is 11.8 Å². The van der Waals surface area contributed by atoms with Crippen molar-refractivity contribution in [2.75, 3.05) is 11.9 Å². The Labute approximate surface area is 148 Å². The van der Waals surface area contributed by atoms with Gasteiger partial charge in [-0.15, -0.1) is 0 Å². The van der Waals surface area contributed by atoms with Crippen molar-refractivity contribution in [3.05, 3.63) is 48.2 Å². The number of hydrogen-bond donors (Lipinski definition) is 3. The molecular weight excluding hydrogens is 316 g/mol. The van der Waals surface area contributed by atoms with Gasteiger partial charge in [0.05, 0.1) is 17.8 Å². The first-order valence-electron chi connectivity index (χ1n) is 8.93. The zero-order valence-electron chi connectivity index (χ0n) is 14.6. The van der Waals surface area contributed by atoms with Crippen molar-refractivity contribution in [3.8, 4) is 0 Å². The van der Waals surface area contributed by atoms with Crippen LogP contribution in [-0.4, -0.2) is 33.1 Å². The Hall–Kier alpha value is -2.34. The Balaban J connectivity index is 1.60. The van der Waals surface area contributed by atoms with Crippen molar-refractivity contribution < 1.29 is 9.90 Å². The number of hydrogen-bond acceptors (Lipinski definition) is 3. The van der Waals surface area contributed by atoms with Gasteiger partial charge < -0.3 is 10.4 Å². The summed E-state index contributed by atoms with van der Waals surface area (Å²) in [6, 6.07) is 11.5. The van der Waals surface area contributed by atoms with E-state index in [2.05, 4.69) is 15.7 Å². The van der Waals surface area contributed by atoms with Crippen molar-refractivity contribution in [2.24, 2.45) is 0 Å². The van der Waals surface area contributed by atoms with Crippen LogP contribution in [0.25, 0.3) is 0 Å². The summed E-state index contributed by atoms with van der Waals surface area (Å²) in [4.78, 5) is 12.2. The average molecular weight is 342 g/mol. The molecular formula is C19H26N4O2. The third-order valence-corrected chi connectivity index (χ3v) is 4.92. The van der Waals surface area contributed by atoms with Crippen LogP contribution in [0.2, 0.25) is 0 Å². The Morgan fingerprint density at radius 1 is 1.24 bits per heavy atom. The molecule has 1 saturated carbocycles. The van der Waals surface area contributed by atoms with Gasteiger partial charge in [0.15, 0.2) is 0 Å². The van der Waals surface area contributed by atoms with E-state index in [0.717, 1.165) is 37.7 Å². The van der Waals surface area contributed by atoms with E-state index in [-0.39, 0.29) is 18.6 Å². The lowest BCUT2D eigenvalue weighted by Gasteiger charge is -2.32. The second kappa shape index (κ2) is 7.70. The molecule has 3 rings (SSSR count). The van der Waals surface area contributed by atoms with Gasteiger partial charge in [0, 0.05) is 12.6 Å². The van der Waals surface area contributed by atoms with Gasteiger partial charge in [0.1, 0.15) is 5.82 Å². The van der Waals surface area contributed by atoms with E-state index in [9.17, 15) is 9.90 Å². The molecule has 1 aliphatic carbocycles. The zero-order chi connectivity index (χ0) is 17.7. The van der Waals surface area contributed by atoms with Crippen LogP contribution in [0.4, 0.5) is 10.6 Å². The van der Waals surface area contributed by atoms with Gasteiger partial charge in [-0.3, -0.25) is 5.32 Å². The number of aliphatic hydroxyl groups is 1. The maximum atomic E-state index is 12.2. The number of carbonyl (C=O) groups is 1. The number of benzene rings is 1. The van der Waals surface area contributed by atoms with Gasteiger partial charge in [-0.1, -0.05) is 49.6 Å². The number of anilines is 1. The maximum Gasteiger partial charge on any atom is 0.320 e. The fraction of sp³-hybridized carbons (Fsp3) is 0.474. The lowest BCUT2D eigenvalue weighted by Crippen LogP contribution is -2.45. The number of urea groups is 1. The third kappa shape index (κ3) is 4.39. The number of aromatic nitrogens is 2. The highest BCUT2D eigenvalue weighted by molar-refractivity contribution is 5.88. The molecule has 2 aromatic rings. The molecule has 1 fully saturated rings. The lowest BCUT2D eigenvalue weighted by molar-refractivity contribution is 0.00755. The van der Waals surface area contributed by atoms with Gasteiger partial charge in [-0.2, -0.15) is 5.10 Å². The van der Waals surface area contributed by atoms with Crippen molar-refractivity contribution in [2.45, 2.75) is 50.7 Å². The standard InChI is InChI=1S/C19H26N4O2/c1-15(16-8-4-2-5-9-16)23-17(10-13-21-23)22-18(24)20-14-19(25)11-6-3-7-12-19/h2,4-5,8-10,13,15,25H,3,6-7,11-12,14H2,1H3,(H2,20,22,24)/t15-/m0/s1. The van der Waals surface area contributed by atoms with Gasteiger partial charge >= 0.3 is 6.03 Å². The van der Waals surface area contributed by atoms with Crippen LogP contribution < -0.4 is 10.6 Å². The van der Waals surface area contributed by atoms with Crippen LogP contribution >= 0.6 is 0 Å². The molecule has 25 heavy (non-hydrogen) atoms. The molecule has 2 amide bonds. The molecule has 1 aromatic heterocycles. The summed E-state index contributed by atoms with van der Waals surface area (Å²) in [5, 5.41) is 20.4. The van der Waals surface area contributed by atoms with E-state index in [1.54, 1.807) is 16.9 Å². The minimum Gasteiger partial charge on any atom is -0.388 e. The highest BCUT2D eigenvalue weighted by Gasteiger charge is 2.29. The van der Waals surface area contributed by atoms with Crippen LogP contribution in [0.5, 0.6) is 0 Å². The normalized spacial score (nSPS) is 17.7. The largest absolute Gasteiger partial charge is 0.388 e. The molecule has 0 unspecified atom stereocenters. The van der Waals surface area contributed by atoms with Crippen LogP contribution in [0.1, 0.15) is 50.6 Å². The fourth-order valence-electron chi connectivity index (χ4n) is 3.39. The van der Waals surface area contributed by atoms with Crippen LogP contribution in [0.15, 0.2) is 42.6 Å². The third-order valence-electron chi connectivity index (χ3n) is 4.92. The average Bonchev–Trinajstić information content (AvgIpc) is 3.09. The molecule has 1 heterocycles. The molecule has 3 N–H and O–H groups in total. The maximum absolute atomic E-state index is 12.2. The van der Waals surface area contributed by atoms with E-state index < -0.39 is 5.60 Å². The summed E-state index contributed by atoms with van der Waals surface area (Å²) >= 11 is 0. The summed E-state index contributed by atoms with van der Waals surface area (Å²) in [6.07, 6.45) is 6.35. The molecule has 6 nitrogen and oxygen atoms in total. The summed E-state index contributed by atoms with van der Waals surface area (Å²) in [6.45, 7) is 2.32. The quantitative estimate of drug-likeness (QED) is 0.780. The van der Waals surface area contributed by atoms with Crippen molar-refractivity contribution in [1.29, 1.82) is 0 Å². The summed E-state index contributed by atoms with van der Waals surface area (Å²) in [5.74, 6) is 0.629. The van der Waals surface area contributed by atoms with E-state index in [1.165, 1.54) is 0 Å². The predicted molar refractivity (Wildman–Crippen MR) is 97.5 cm³/mol. The molecule has 0 aliphatic heterocycles. The first kappa shape index (κ1) is 17.5. The minimum atomic E-state index is -0.771. The van der Waals surface area contributed by atoms with Crippen LogP contribution in [0, 0.1) is 0 Å². The lowest BCUT2D eigenvalue weighted by atomic mass is 9.85. The second-order valence-electron chi connectivity index (χ2n) is 6.84. The van der Waals surface area contributed by atoms with Crippen molar-refractivity contribution in [1.82, 2.24) is 15.1 Å². The minimum absolute atomic E-state index is 0.00836. The first-order valence-corrected chi connectivity index (χ1v) is 8.93. The highest BCUT2D eigenvalue weighted by Crippen LogP contribution is 2.27. The smallest absolute Gasteiger partial charge is 0.320 e. The van der Waals surface area contributed by atoms with Crippen molar-refractivity contribution in [3.63, 3.8) is 0 Å². The van der Waals surface area contributed by atoms with E-state index in [4.69, 9.17) is 0 Å². The molecule has 6 heteroatoms. The number of carbonyl (C=O) groups excluding carboxylic acids is 1. The molecule has 134 valence electrons. The topological polar surface area (TPSA) is 79.2 Å². The Kier molecular flexibility index (Phi) is 5.38. The monoisotopic (exact) mass is 342 g/mol. The second-order valence-corrected chi connectivity index (χ2v) is 6.84. The van der Waals surface area contributed by atoms with E-state index in [1.807, 2.05) is 37.3 Å². The van der Waals surface area contributed by atoms with Gasteiger partial charge in [0.25, 0.3) is 0 Å². The molecule has 0 spiro atoms. The highest BCUT2D eigenvalue weighted by atomic mass is 16.3. The predicted octanol–water partition coefficient (Wildman–Crippen LogP) is 3.31. The van der Waals surface area contributed by atoms with Gasteiger partial charge in [-0.05, 0) is 25.3 Å². The Morgan fingerprint density at radius 3 is 2.68 bits per heavy atom. The van der Waals surface area contributed by atoms with Crippen LogP contribution in [0.3, 0.4) is 0 Å². The number of nitrogens with zero attached hydrogens (tertiary/aromatic N) is 2. The first-order chi connectivity index (χ1) is 12.1. The number of rotatable bonds is 5. The van der Waals surface area contributed by atoms with Gasteiger partial charge in [0.2, 0.25) is 0 Å². The number of nitrogens with one attached hydrogen (secondary N) is 2. The van der Waals surface area contributed by atoms with E-state index in [0.29, 0.717) is 5.82 Å². The summed E-state index contributed by atoms with van der Waals surface area (Å²) in [5.41, 5.74) is 0.346. The van der Waals surface area contributed by atoms with Crippen LogP contribution in [-0.2, 0) is 0 Å². The summed E-state index contributed by atoms with van der Waals surface area (Å²) < 4.78 is 1.78. The molecule has 0 radical (unpaired) electrons. The molecule has 1 aliphatic rings. The molecule has 0 saturated heterocycles. The SMILES string of the molecule is C[C@@H](c1ccccc1)n1nccc1NC(=O)NCC1(O)CCCCC1. The fourth-order valence-corrected chi connectivity index (χ4v) is 3.39. The van der Waals surface area contributed by atoms with Gasteiger partial charge in [-0.25, -0.2) is 9.48 Å². The Bertz CT molecular complexity index is 692. The summed E-state index contributed by atoms with van der Waals surface area (Å²) in [7, 11) is 0. The zero-order valence-corrected chi connectivity index (χ0v) is 14.6. The molecule has 1 aromatic carbocycles. The molecule has 0 bridgehead atoms. The molecule has 1 atom stereocenters. The van der Waals surface area contributed by atoms with E-state index >= 15 is 0 Å². The Morgan fingerprint density at radius 2 is 1.96 bits per heavy atom. The number of amides is 2.